The minimum absolute atomic E-state index is 0.0326. The molecule has 9 nitrogen and oxygen atoms in total. The van der Waals surface area contributed by atoms with Crippen molar-refractivity contribution in [3.8, 4) is 6.07 Å². The first-order chi connectivity index (χ1) is 21.2. The van der Waals surface area contributed by atoms with Crippen molar-refractivity contribution in [3.63, 3.8) is 0 Å². The number of aryl methyl sites for hydroxylation is 1. The molecule has 8 rings (SSSR count). The maximum atomic E-state index is 14.9. The molecule has 3 N–H and O–H groups in total. The van der Waals surface area contributed by atoms with Crippen LogP contribution in [0.4, 0.5) is 0 Å². The quantitative estimate of drug-likeness (QED) is 0.401. The minimum Gasteiger partial charge on any atom is -0.356 e. The van der Waals surface area contributed by atoms with Gasteiger partial charge in [0.05, 0.1) is 12.5 Å². The van der Waals surface area contributed by atoms with E-state index in [4.69, 9.17) is 0 Å². The number of nitrogens with one attached hydrogen (secondary N) is 3. The number of hydrogen-bond acceptors (Lipinski definition) is 5. The third kappa shape index (κ3) is 5.39. The molecule has 5 saturated carbocycles. The lowest BCUT2D eigenvalue weighted by Gasteiger charge is -2.59. The van der Waals surface area contributed by atoms with Crippen LogP contribution in [-0.4, -0.2) is 59.2 Å². The molecule has 1 aromatic carbocycles. The van der Waals surface area contributed by atoms with Gasteiger partial charge >= 0.3 is 0 Å². The first-order valence-electron chi connectivity index (χ1n) is 16.9. The van der Waals surface area contributed by atoms with Crippen LogP contribution in [0.25, 0.3) is 0 Å². The van der Waals surface area contributed by atoms with Crippen LogP contribution in [0.5, 0.6) is 0 Å². The highest BCUT2D eigenvalue weighted by Gasteiger charge is 2.60. The Balaban J connectivity index is 1.14. The molecule has 4 amide bonds. The molecule has 2 aliphatic heterocycles. The maximum absolute atomic E-state index is 14.9. The SMILES string of the molecule is Cc1ccc(CC(=O)N[C@H](C(=O)N2[C@@H]3CC[C@@H](C3)[C@H]2C(=O)N[C@H](C#N)CC2CCNC2=O)C23CC4CC(CC(C4)C2)C3)cc1. The third-order valence-electron chi connectivity index (χ3n) is 12.0. The molecule has 0 radical (unpaired) electrons. The zero-order valence-corrected chi connectivity index (χ0v) is 25.7. The number of rotatable bonds is 9. The van der Waals surface area contributed by atoms with E-state index in [1.807, 2.05) is 36.1 Å². The fourth-order valence-electron chi connectivity index (χ4n) is 10.5. The number of hydrogen-bond donors (Lipinski definition) is 3. The van der Waals surface area contributed by atoms with Crippen molar-refractivity contribution in [2.45, 2.75) is 108 Å². The average Bonchev–Trinajstić information content (AvgIpc) is 3.72. The monoisotopic (exact) mass is 599 g/mol. The summed E-state index contributed by atoms with van der Waals surface area (Å²) in [5.74, 6) is 0.923. The van der Waals surface area contributed by atoms with Crippen molar-refractivity contribution in [1.82, 2.24) is 20.9 Å². The Morgan fingerprint density at radius 2 is 1.68 bits per heavy atom. The second-order valence-corrected chi connectivity index (χ2v) is 15.1. The number of likely N-dealkylation sites (tertiary alicyclic amines) is 1. The van der Waals surface area contributed by atoms with Crippen LogP contribution in [0.1, 0.15) is 81.8 Å². The third-order valence-corrected chi connectivity index (χ3v) is 12.0. The fourth-order valence-corrected chi connectivity index (χ4v) is 10.5. The molecular weight excluding hydrogens is 554 g/mol. The highest BCUT2D eigenvalue weighted by molar-refractivity contribution is 5.94. The van der Waals surface area contributed by atoms with Crippen LogP contribution in [0.15, 0.2) is 24.3 Å². The van der Waals surface area contributed by atoms with Crippen LogP contribution in [0.3, 0.4) is 0 Å². The van der Waals surface area contributed by atoms with E-state index in [-0.39, 0.29) is 59.8 Å². The van der Waals surface area contributed by atoms with E-state index in [0.717, 1.165) is 49.7 Å². The van der Waals surface area contributed by atoms with Gasteiger partial charge in [0.2, 0.25) is 23.6 Å². The molecule has 7 fully saturated rings. The van der Waals surface area contributed by atoms with Gasteiger partial charge in [-0.3, -0.25) is 19.2 Å². The normalized spacial score (nSPS) is 36.0. The zero-order valence-electron chi connectivity index (χ0n) is 25.7. The van der Waals surface area contributed by atoms with Gasteiger partial charge in [0, 0.05) is 23.9 Å². The first-order valence-corrected chi connectivity index (χ1v) is 16.9. The summed E-state index contributed by atoms with van der Waals surface area (Å²) in [4.78, 5) is 56.4. The Bertz CT molecular complexity index is 1330. The Morgan fingerprint density at radius 3 is 2.30 bits per heavy atom. The standard InChI is InChI=1S/C35H45N5O4/c1-20-2-4-21(5-3-20)13-29(41)39-31(35-16-22-10-23(17-35)12-24(11-22)18-35)34(44)40-28-7-6-25(15-28)30(40)33(43)38-27(19-36)14-26-8-9-37-32(26)42/h2-5,22-28,30-31H,6-18H2,1H3,(H,37,42)(H,38,43)(H,39,41)/t22?,23?,24?,25-,26?,27-,28+,30-,31+,35?/m0/s1. The van der Waals surface area contributed by atoms with E-state index < -0.39 is 18.1 Å². The lowest BCUT2D eigenvalue weighted by atomic mass is 9.47. The number of benzene rings is 1. The van der Waals surface area contributed by atoms with E-state index in [0.29, 0.717) is 30.7 Å². The number of amides is 4. The molecule has 6 atom stereocenters. The minimum atomic E-state index is -0.791. The molecule has 6 bridgehead atoms. The lowest BCUT2D eigenvalue weighted by Crippen LogP contribution is -2.65. The molecule has 2 saturated heterocycles. The average molecular weight is 600 g/mol. The molecule has 0 aromatic heterocycles. The second-order valence-electron chi connectivity index (χ2n) is 15.1. The van der Waals surface area contributed by atoms with Crippen LogP contribution in [0.2, 0.25) is 0 Å². The predicted octanol–water partition coefficient (Wildman–Crippen LogP) is 3.15. The van der Waals surface area contributed by atoms with Crippen molar-refractivity contribution in [2.75, 3.05) is 6.54 Å². The van der Waals surface area contributed by atoms with Crippen molar-refractivity contribution in [2.24, 2.45) is 35.0 Å². The predicted molar refractivity (Wildman–Crippen MR) is 162 cm³/mol. The summed E-state index contributed by atoms with van der Waals surface area (Å²) in [5, 5.41) is 18.9. The molecule has 44 heavy (non-hydrogen) atoms. The summed E-state index contributed by atoms with van der Waals surface area (Å²) >= 11 is 0. The van der Waals surface area contributed by atoms with E-state index in [9.17, 15) is 24.4 Å². The number of fused-ring (bicyclic) bond motifs is 2. The number of carbonyl (C=O) groups is 4. The Kier molecular flexibility index (Phi) is 7.66. The van der Waals surface area contributed by atoms with Crippen LogP contribution in [0, 0.1) is 53.3 Å². The summed E-state index contributed by atoms with van der Waals surface area (Å²) < 4.78 is 0. The van der Waals surface area contributed by atoms with Gasteiger partial charge in [-0.15, -0.1) is 0 Å². The van der Waals surface area contributed by atoms with Crippen molar-refractivity contribution >= 4 is 23.6 Å². The number of carbonyl (C=O) groups excluding carboxylic acids is 4. The molecule has 5 aliphatic carbocycles. The van der Waals surface area contributed by atoms with Crippen molar-refractivity contribution in [1.29, 1.82) is 5.26 Å². The maximum Gasteiger partial charge on any atom is 0.246 e. The topological polar surface area (TPSA) is 131 Å². The summed E-state index contributed by atoms with van der Waals surface area (Å²) in [6.07, 6.45) is 10.2. The van der Waals surface area contributed by atoms with Crippen LogP contribution < -0.4 is 16.0 Å². The van der Waals surface area contributed by atoms with E-state index >= 15 is 0 Å². The molecule has 0 spiro atoms. The molecular formula is C35H45N5O4. The fraction of sp³-hybridized carbons (Fsp3) is 0.686. The highest BCUT2D eigenvalue weighted by atomic mass is 16.2. The summed E-state index contributed by atoms with van der Waals surface area (Å²) in [5.41, 5.74) is 1.78. The molecule has 9 heteroatoms. The van der Waals surface area contributed by atoms with E-state index in [1.165, 1.54) is 19.3 Å². The summed E-state index contributed by atoms with van der Waals surface area (Å²) in [6, 6.07) is 8.00. The molecule has 7 aliphatic rings. The van der Waals surface area contributed by atoms with E-state index in [1.54, 1.807) is 0 Å². The first kappa shape index (κ1) is 29.3. The largest absolute Gasteiger partial charge is 0.356 e. The van der Waals surface area contributed by atoms with Gasteiger partial charge in [0.25, 0.3) is 0 Å². The summed E-state index contributed by atoms with van der Waals surface area (Å²) in [7, 11) is 0. The highest BCUT2D eigenvalue weighted by Crippen LogP contribution is 2.62. The Hall–Kier alpha value is -3.41. The number of nitriles is 1. The van der Waals surface area contributed by atoms with Gasteiger partial charge < -0.3 is 20.9 Å². The zero-order chi connectivity index (χ0) is 30.6. The van der Waals surface area contributed by atoms with Gasteiger partial charge in [-0.2, -0.15) is 5.26 Å². The molecule has 2 heterocycles. The van der Waals surface area contributed by atoms with Crippen LogP contribution in [-0.2, 0) is 25.6 Å². The smallest absolute Gasteiger partial charge is 0.246 e. The Labute approximate surface area is 259 Å². The molecule has 1 unspecified atom stereocenters. The van der Waals surface area contributed by atoms with Crippen molar-refractivity contribution < 1.29 is 19.2 Å². The summed E-state index contributed by atoms with van der Waals surface area (Å²) in [6.45, 7) is 2.61. The number of nitrogens with zero attached hydrogens (tertiary/aromatic N) is 2. The van der Waals surface area contributed by atoms with Crippen molar-refractivity contribution in [3.05, 3.63) is 35.4 Å². The second kappa shape index (κ2) is 11.5. The molecule has 234 valence electrons. The number of piperidine rings is 1. The lowest BCUT2D eigenvalue weighted by molar-refractivity contribution is -0.155. The Morgan fingerprint density at radius 1 is 1.00 bits per heavy atom. The van der Waals surface area contributed by atoms with Gasteiger partial charge in [-0.1, -0.05) is 29.8 Å². The molecule has 1 aromatic rings. The van der Waals surface area contributed by atoms with E-state index in [2.05, 4.69) is 22.0 Å². The van der Waals surface area contributed by atoms with Gasteiger partial charge in [0.15, 0.2) is 0 Å². The van der Waals surface area contributed by atoms with Gasteiger partial charge in [0.1, 0.15) is 18.1 Å². The van der Waals surface area contributed by atoms with Crippen LogP contribution >= 0.6 is 0 Å². The van der Waals surface area contributed by atoms with Gasteiger partial charge in [-0.05, 0) is 107 Å². The van der Waals surface area contributed by atoms with Gasteiger partial charge in [-0.25, -0.2) is 0 Å².